The van der Waals surface area contributed by atoms with Gasteiger partial charge in [-0.05, 0) is 37.6 Å². The van der Waals surface area contributed by atoms with Crippen molar-refractivity contribution in [3.8, 4) is 0 Å². The normalized spacial score (nSPS) is 14.1. The predicted octanol–water partition coefficient (Wildman–Crippen LogP) is 2.45. The van der Waals surface area contributed by atoms with Crippen molar-refractivity contribution in [1.29, 1.82) is 0 Å². The van der Waals surface area contributed by atoms with Crippen LogP contribution in [-0.2, 0) is 11.3 Å². The lowest BCUT2D eigenvalue weighted by atomic mass is 10.1. The first-order valence-electron chi connectivity index (χ1n) is 7.28. The molecule has 2 atom stereocenters. The van der Waals surface area contributed by atoms with E-state index in [1.807, 2.05) is 38.2 Å². The third-order valence-electron chi connectivity index (χ3n) is 3.79. The molecule has 3 N–H and O–H groups in total. The van der Waals surface area contributed by atoms with Crippen LogP contribution in [0.5, 0.6) is 0 Å². The fraction of sp³-hybridized carbons (Fsp3) is 0.562. The van der Waals surface area contributed by atoms with Gasteiger partial charge in [0.15, 0.2) is 0 Å². The Labute approximate surface area is 122 Å². The second-order valence-corrected chi connectivity index (χ2v) is 5.52. The van der Waals surface area contributed by atoms with Gasteiger partial charge in [-0.1, -0.05) is 32.4 Å². The Morgan fingerprint density at radius 3 is 2.40 bits per heavy atom. The van der Waals surface area contributed by atoms with Crippen molar-refractivity contribution in [3.63, 3.8) is 0 Å². The van der Waals surface area contributed by atoms with Crippen molar-refractivity contribution in [2.45, 2.75) is 39.8 Å². The van der Waals surface area contributed by atoms with Gasteiger partial charge in [0.1, 0.15) is 0 Å². The minimum absolute atomic E-state index is 0.0244. The van der Waals surface area contributed by atoms with Crippen molar-refractivity contribution >= 4 is 11.6 Å². The van der Waals surface area contributed by atoms with Crippen molar-refractivity contribution in [2.24, 2.45) is 11.7 Å². The van der Waals surface area contributed by atoms with Gasteiger partial charge in [0.25, 0.3) is 0 Å². The van der Waals surface area contributed by atoms with Gasteiger partial charge in [0, 0.05) is 18.8 Å². The van der Waals surface area contributed by atoms with Crippen molar-refractivity contribution < 1.29 is 4.79 Å². The number of anilines is 1. The molecule has 0 radical (unpaired) electrons. The van der Waals surface area contributed by atoms with Crippen LogP contribution in [0.3, 0.4) is 0 Å². The molecule has 0 aliphatic carbocycles. The van der Waals surface area contributed by atoms with Gasteiger partial charge >= 0.3 is 0 Å². The van der Waals surface area contributed by atoms with E-state index in [2.05, 4.69) is 24.1 Å². The number of hydrogen-bond donors (Lipinski definition) is 2. The van der Waals surface area contributed by atoms with Crippen molar-refractivity contribution in [2.75, 3.05) is 18.9 Å². The van der Waals surface area contributed by atoms with Gasteiger partial charge in [-0.15, -0.1) is 0 Å². The van der Waals surface area contributed by atoms with Crippen LogP contribution in [0.1, 0.15) is 32.8 Å². The molecule has 1 aromatic carbocycles. The summed E-state index contributed by atoms with van der Waals surface area (Å²) in [5, 5.41) is 2.94. The van der Waals surface area contributed by atoms with Crippen LogP contribution in [0.4, 0.5) is 5.69 Å². The van der Waals surface area contributed by atoms with Crippen LogP contribution in [0.15, 0.2) is 24.3 Å². The van der Waals surface area contributed by atoms with Crippen LogP contribution in [0, 0.1) is 5.92 Å². The highest BCUT2D eigenvalue weighted by atomic mass is 16.2. The zero-order valence-corrected chi connectivity index (χ0v) is 13.0. The molecule has 1 amide bonds. The number of nitrogens with zero attached hydrogens (tertiary/aromatic N) is 1. The van der Waals surface area contributed by atoms with Gasteiger partial charge in [0.05, 0.1) is 6.04 Å². The van der Waals surface area contributed by atoms with E-state index in [1.165, 1.54) is 0 Å². The van der Waals surface area contributed by atoms with E-state index in [4.69, 9.17) is 5.73 Å². The lowest BCUT2D eigenvalue weighted by Crippen LogP contribution is -2.41. The molecule has 2 unspecified atom stereocenters. The van der Waals surface area contributed by atoms with E-state index >= 15 is 0 Å². The molecule has 4 nitrogen and oxygen atoms in total. The number of likely N-dealkylation sites (N-methyl/N-ethyl adjacent to an activating group) is 1. The first-order valence-corrected chi connectivity index (χ1v) is 7.28. The maximum absolute atomic E-state index is 12.2. The summed E-state index contributed by atoms with van der Waals surface area (Å²) in [5.74, 6) is 0.621. The minimum Gasteiger partial charge on any atom is -0.326 e. The van der Waals surface area contributed by atoms with Crippen LogP contribution in [0.2, 0.25) is 0 Å². The summed E-state index contributed by atoms with van der Waals surface area (Å²) < 4.78 is 0. The minimum atomic E-state index is -0.141. The van der Waals surface area contributed by atoms with Crippen LogP contribution in [0.25, 0.3) is 0 Å². The highest BCUT2D eigenvalue weighted by Crippen LogP contribution is 2.11. The average molecular weight is 277 g/mol. The summed E-state index contributed by atoms with van der Waals surface area (Å²) in [5.41, 5.74) is 7.43. The molecule has 0 aliphatic rings. The number of nitrogens with one attached hydrogen (secondary N) is 1. The molecule has 0 saturated heterocycles. The summed E-state index contributed by atoms with van der Waals surface area (Å²) in [6.07, 6.45) is 1.12. The van der Waals surface area contributed by atoms with Crippen molar-refractivity contribution in [3.05, 3.63) is 29.8 Å². The van der Waals surface area contributed by atoms with Crippen LogP contribution < -0.4 is 11.1 Å². The quantitative estimate of drug-likeness (QED) is 0.805. The fourth-order valence-electron chi connectivity index (χ4n) is 1.95. The van der Waals surface area contributed by atoms with Crippen LogP contribution in [-0.4, -0.2) is 30.4 Å². The van der Waals surface area contributed by atoms with Gasteiger partial charge in [-0.25, -0.2) is 0 Å². The van der Waals surface area contributed by atoms with E-state index in [1.54, 1.807) is 0 Å². The Morgan fingerprint density at radius 2 is 1.90 bits per heavy atom. The Hall–Kier alpha value is -1.39. The maximum Gasteiger partial charge on any atom is 0.241 e. The SMILES string of the molecule is CCC(C)CN(C)C(C)C(=O)Nc1ccc(CN)cc1. The molecule has 112 valence electrons. The van der Waals surface area contributed by atoms with E-state index in [0.29, 0.717) is 12.5 Å². The summed E-state index contributed by atoms with van der Waals surface area (Å²) >= 11 is 0. The van der Waals surface area contributed by atoms with E-state index in [-0.39, 0.29) is 11.9 Å². The number of rotatable bonds is 7. The predicted molar refractivity (Wildman–Crippen MR) is 84.5 cm³/mol. The van der Waals surface area contributed by atoms with Gasteiger partial charge < -0.3 is 11.1 Å². The molecule has 0 bridgehead atoms. The number of benzene rings is 1. The molecule has 0 aliphatic heterocycles. The largest absolute Gasteiger partial charge is 0.326 e. The molecule has 1 aromatic rings. The zero-order chi connectivity index (χ0) is 15.1. The topological polar surface area (TPSA) is 58.4 Å². The molecule has 0 aromatic heterocycles. The fourth-order valence-corrected chi connectivity index (χ4v) is 1.95. The molecule has 0 saturated carbocycles. The number of carbonyl (C=O) groups is 1. The second kappa shape index (κ2) is 8.02. The van der Waals surface area contributed by atoms with Gasteiger partial charge in [-0.2, -0.15) is 0 Å². The average Bonchev–Trinajstić information content (AvgIpc) is 2.46. The number of amides is 1. The lowest BCUT2D eigenvalue weighted by Gasteiger charge is -2.26. The number of hydrogen-bond acceptors (Lipinski definition) is 3. The van der Waals surface area contributed by atoms with E-state index < -0.39 is 0 Å². The molecule has 0 heterocycles. The standard InChI is InChI=1S/C16H27N3O/c1-5-12(2)11-19(4)13(3)16(20)18-15-8-6-14(10-17)7-9-15/h6-9,12-13H,5,10-11,17H2,1-4H3,(H,18,20). The molecule has 20 heavy (non-hydrogen) atoms. The highest BCUT2D eigenvalue weighted by Gasteiger charge is 2.19. The third kappa shape index (κ3) is 4.94. The second-order valence-electron chi connectivity index (χ2n) is 5.52. The van der Waals surface area contributed by atoms with E-state index in [0.717, 1.165) is 24.2 Å². The lowest BCUT2D eigenvalue weighted by molar-refractivity contribution is -0.120. The first kappa shape index (κ1) is 16.7. The maximum atomic E-state index is 12.2. The Morgan fingerprint density at radius 1 is 1.30 bits per heavy atom. The Balaban J connectivity index is 2.55. The zero-order valence-electron chi connectivity index (χ0n) is 13.0. The third-order valence-corrected chi connectivity index (χ3v) is 3.79. The van der Waals surface area contributed by atoms with Crippen molar-refractivity contribution in [1.82, 2.24) is 4.90 Å². The Bertz CT molecular complexity index is 416. The molecule has 0 fully saturated rings. The van der Waals surface area contributed by atoms with Gasteiger partial charge in [0.2, 0.25) is 5.91 Å². The monoisotopic (exact) mass is 277 g/mol. The molecular weight excluding hydrogens is 250 g/mol. The van der Waals surface area contributed by atoms with Crippen LogP contribution >= 0.6 is 0 Å². The van der Waals surface area contributed by atoms with Gasteiger partial charge in [-0.3, -0.25) is 9.69 Å². The summed E-state index contributed by atoms with van der Waals surface area (Å²) in [6.45, 7) is 7.75. The summed E-state index contributed by atoms with van der Waals surface area (Å²) in [6, 6.07) is 7.51. The molecular formula is C16H27N3O. The first-order chi connectivity index (χ1) is 9.47. The number of nitrogens with two attached hydrogens (primary N) is 1. The molecule has 1 rings (SSSR count). The Kier molecular flexibility index (Phi) is 6.68. The summed E-state index contributed by atoms with van der Waals surface area (Å²) in [7, 11) is 1.99. The highest BCUT2D eigenvalue weighted by molar-refractivity contribution is 5.94. The molecule has 4 heteroatoms. The summed E-state index contributed by atoms with van der Waals surface area (Å²) in [4.78, 5) is 14.3. The van der Waals surface area contributed by atoms with E-state index in [9.17, 15) is 4.79 Å². The number of carbonyl (C=O) groups excluding carboxylic acids is 1. The smallest absolute Gasteiger partial charge is 0.241 e. The molecule has 0 spiro atoms.